The smallest absolute Gasteiger partial charge is 0.416 e. The summed E-state index contributed by atoms with van der Waals surface area (Å²) in [6.07, 6.45) is -2.84. The van der Waals surface area contributed by atoms with Crippen LogP contribution in [0.15, 0.2) is 36.4 Å². The lowest BCUT2D eigenvalue weighted by atomic mass is 10.1. The lowest BCUT2D eigenvalue weighted by molar-refractivity contribution is -0.137. The van der Waals surface area contributed by atoms with E-state index in [1.54, 1.807) is 24.3 Å². The van der Waals surface area contributed by atoms with E-state index in [0.717, 1.165) is 23.5 Å². The topological polar surface area (TPSA) is 55.1 Å². The van der Waals surface area contributed by atoms with Crippen molar-refractivity contribution in [1.29, 1.82) is 5.26 Å². The molecule has 1 heterocycles. The molecule has 0 aliphatic carbocycles. The van der Waals surface area contributed by atoms with Crippen LogP contribution in [0.3, 0.4) is 0 Å². The molecule has 4 nitrogen and oxygen atoms in total. The number of hydrogen-bond acceptors (Lipinski definition) is 5. The van der Waals surface area contributed by atoms with Gasteiger partial charge in [0.1, 0.15) is 11.1 Å². The largest absolute Gasteiger partial charge is 0.493 e. The van der Waals surface area contributed by atoms with E-state index >= 15 is 0 Å². The Kier molecular flexibility index (Phi) is 5.06. The van der Waals surface area contributed by atoms with Gasteiger partial charge in [-0.05, 0) is 42.0 Å². The van der Waals surface area contributed by atoms with E-state index in [-0.39, 0.29) is 11.1 Å². The Labute approximate surface area is 157 Å². The van der Waals surface area contributed by atoms with Crippen LogP contribution in [0.4, 0.5) is 13.2 Å². The Morgan fingerprint density at radius 1 is 1.11 bits per heavy atom. The fourth-order valence-corrected chi connectivity index (χ4v) is 3.38. The van der Waals surface area contributed by atoms with Gasteiger partial charge < -0.3 is 9.47 Å². The van der Waals surface area contributed by atoms with Crippen molar-refractivity contribution in [2.45, 2.75) is 6.18 Å². The van der Waals surface area contributed by atoms with Gasteiger partial charge in [-0.1, -0.05) is 6.07 Å². The van der Waals surface area contributed by atoms with Gasteiger partial charge in [0.15, 0.2) is 11.5 Å². The van der Waals surface area contributed by atoms with Gasteiger partial charge in [-0.25, -0.2) is 4.98 Å². The second-order valence-corrected chi connectivity index (χ2v) is 6.51. The molecule has 2 aromatic carbocycles. The number of allylic oxidation sites excluding steroid dienone is 1. The van der Waals surface area contributed by atoms with E-state index in [4.69, 9.17) is 9.47 Å². The number of ether oxygens (including phenoxy) is 2. The zero-order valence-corrected chi connectivity index (χ0v) is 15.1. The highest BCUT2D eigenvalue weighted by Gasteiger charge is 2.30. The summed E-state index contributed by atoms with van der Waals surface area (Å²) >= 11 is 1.16. The summed E-state index contributed by atoms with van der Waals surface area (Å²) in [5, 5.41) is 9.84. The van der Waals surface area contributed by atoms with Crippen LogP contribution in [0.25, 0.3) is 21.9 Å². The predicted octanol–water partition coefficient (Wildman–Crippen LogP) is 5.40. The number of fused-ring (bicyclic) bond motifs is 1. The van der Waals surface area contributed by atoms with E-state index in [9.17, 15) is 18.4 Å². The highest BCUT2D eigenvalue weighted by molar-refractivity contribution is 7.19. The van der Waals surface area contributed by atoms with Gasteiger partial charge in [0.05, 0.1) is 35.6 Å². The van der Waals surface area contributed by atoms with Gasteiger partial charge in [0.25, 0.3) is 0 Å². The third-order valence-electron chi connectivity index (χ3n) is 3.78. The van der Waals surface area contributed by atoms with Crippen LogP contribution in [-0.4, -0.2) is 19.2 Å². The molecule has 0 saturated carbocycles. The molecule has 0 aliphatic rings. The quantitative estimate of drug-likeness (QED) is 0.560. The van der Waals surface area contributed by atoms with Gasteiger partial charge in [0, 0.05) is 0 Å². The Balaban J connectivity index is 2.03. The highest BCUT2D eigenvalue weighted by atomic mass is 32.1. The molecular weight excluding hydrogens is 377 g/mol. The first-order valence-electron chi connectivity index (χ1n) is 7.67. The zero-order chi connectivity index (χ0) is 19.6. The van der Waals surface area contributed by atoms with Crippen molar-refractivity contribution >= 4 is 33.2 Å². The molecule has 0 bridgehead atoms. The van der Waals surface area contributed by atoms with Gasteiger partial charge in [-0.15, -0.1) is 11.3 Å². The molecule has 3 aromatic rings. The number of nitrogens with zero attached hydrogens (tertiary/aromatic N) is 2. The minimum atomic E-state index is -4.44. The van der Waals surface area contributed by atoms with E-state index < -0.39 is 11.7 Å². The van der Waals surface area contributed by atoms with Crippen LogP contribution < -0.4 is 9.47 Å². The number of rotatable bonds is 4. The lowest BCUT2D eigenvalue weighted by Gasteiger charge is -2.07. The Morgan fingerprint density at radius 2 is 1.85 bits per heavy atom. The van der Waals surface area contributed by atoms with Crippen molar-refractivity contribution in [3.8, 4) is 17.6 Å². The van der Waals surface area contributed by atoms with Crippen molar-refractivity contribution < 1.29 is 22.6 Å². The molecule has 138 valence electrons. The van der Waals surface area contributed by atoms with E-state index in [2.05, 4.69) is 11.1 Å². The second kappa shape index (κ2) is 7.29. The number of benzene rings is 2. The molecule has 1 aromatic heterocycles. The molecule has 0 saturated heterocycles. The van der Waals surface area contributed by atoms with Gasteiger partial charge in [-0.2, -0.15) is 18.4 Å². The first kappa shape index (κ1) is 18.7. The summed E-state index contributed by atoms with van der Waals surface area (Å²) < 4.78 is 49.6. The maximum absolute atomic E-state index is 12.9. The number of nitriles is 1. The van der Waals surface area contributed by atoms with E-state index in [0.29, 0.717) is 26.8 Å². The number of alkyl halides is 3. The van der Waals surface area contributed by atoms with Crippen LogP contribution >= 0.6 is 11.3 Å². The number of methoxy groups -OCH3 is 2. The maximum Gasteiger partial charge on any atom is 0.416 e. The number of thiazole rings is 1. The van der Waals surface area contributed by atoms with Gasteiger partial charge in [-0.3, -0.25) is 0 Å². The Bertz CT molecular complexity index is 1060. The number of aromatic nitrogens is 1. The molecule has 8 heteroatoms. The predicted molar refractivity (Wildman–Crippen MR) is 97.7 cm³/mol. The molecule has 0 radical (unpaired) electrons. The van der Waals surface area contributed by atoms with Crippen LogP contribution in [0.1, 0.15) is 16.1 Å². The summed E-state index contributed by atoms with van der Waals surface area (Å²) in [7, 11) is 3.02. The third-order valence-corrected chi connectivity index (χ3v) is 4.85. The van der Waals surface area contributed by atoms with Crippen LogP contribution in [0.2, 0.25) is 0 Å². The fraction of sp³-hybridized carbons (Fsp3) is 0.158. The molecule has 0 N–H and O–H groups in total. The number of halogens is 3. The monoisotopic (exact) mass is 390 g/mol. The summed E-state index contributed by atoms with van der Waals surface area (Å²) in [6.45, 7) is 0. The molecule has 0 fully saturated rings. The average molecular weight is 390 g/mol. The fourth-order valence-electron chi connectivity index (χ4n) is 2.47. The molecular formula is C19H13F3N2O2S. The summed E-state index contributed by atoms with van der Waals surface area (Å²) in [4.78, 5) is 4.20. The van der Waals surface area contributed by atoms with Crippen LogP contribution in [0.5, 0.6) is 11.5 Å². The van der Waals surface area contributed by atoms with Crippen LogP contribution in [-0.2, 0) is 6.18 Å². The van der Waals surface area contributed by atoms with Crippen molar-refractivity contribution in [1.82, 2.24) is 4.98 Å². The SMILES string of the molecule is COc1ccc(C=C(C#N)c2nc3cc(C(F)(F)F)ccc3s2)cc1OC. The molecule has 0 unspecified atom stereocenters. The maximum atomic E-state index is 12.9. The van der Waals surface area contributed by atoms with E-state index in [1.807, 2.05) is 0 Å². The van der Waals surface area contributed by atoms with Crippen molar-refractivity contribution in [2.24, 2.45) is 0 Å². The Morgan fingerprint density at radius 3 is 2.48 bits per heavy atom. The minimum absolute atomic E-state index is 0.207. The normalized spacial score (nSPS) is 12.1. The summed E-state index contributed by atoms with van der Waals surface area (Å²) in [6, 6.07) is 10.6. The second-order valence-electron chi connectivity index (χ2n) is 5.48. The minimum Gasteiger partial charge on any atom is -0.493 e. The Hall–Kier alpha value is -3.05. The van der Waals surface area contributed by atoms with Crippen LogP contribution in [0, 0.1) is 11.3 Å². The van der Waals surface area contributed by atoms with Crippen molar-refractivity contribution in [3.05, 3.63) is 52.5 Å². The van der Waals surface area contributed by atoms with E-state index in [1.165, 1.54) is 20.3 Å². The first-order valence-corrected chi connectivity index (χ1v) is 8.49. The highest BCUT2D eigenvalue weighted by Crippen LogP contribution is 2.35. The summed E-state index contributed by atoms with van der Waals surface area (Å²) in [5.41, 5.74) is 0.365. The molecule has 0 amide bonds. The summed E-state index contributed by atoms with van der Waals surface area (Å²) in [5.74, 6) is 1.05. The lowest BCUT2D eigenvalue weighted by Crippen LogP contribution is -2.03. The molecule has 3 rings (SSSR count). The molecule has 27 heavy (non-hydrogen) atoms. The van der Waals surface area contributed by atoms with Crippen molar-refractivity contribution in [3.63, 3.8) is 0 Å². The molecule has 0 aliphatic heterocycles. The third kappa shape index (κ3) is 3.88. The first-order chi connectivity index (χ1) is 12.9. The molecule has 0 atom stereocenters. The molecule has 0 spiro atoms. The van der Waals surface area contributed by atoms with Gasteiger partial charge >= 0.3 is 6.18 Å². The zero-order valence-electron chi connectivity index (χ0n) is 14.3. The van der Waals surface area contributed by atoms with Crippen molar-refractivity contribution in [2.75, 3.05) is 14.2 Å². The average Bonchev–Trinajstić information content (AvgIpc) is 3.08. The van der Waals surface area contributed by atoms with Gasteiger partial charge in [0.2, 0.25) is 0 Å². The standard InChI is InChI=1S/C19H13F3N2O2S/c1-25-15-5-3-11(8-16(15)26-2)7-12(10-23)18-24-14-9-13(19(20,21)22)4-6-17(14)27-18/h3-9H,1-2H3. The number of hydrogen-bond donors (Lipinski definition) is 0.